The van der Waals surface area contributed by atoms with Gasteiger partial charge < -0.3 is 24.4 Å². The summed E-state index contributed by atoms with van der Waals surface area (Å²) in [7, 11) is 0. The zero-order chi connectivity index (χ0) is 40.4. The van der Waals surface area contributed by atoms with Gasteiger partial charge in [-0.05, 0) is 103 Å². The summed E-state index contributed by atoms with van der Waals surface area (Å²) in [6.07, 6.45) is 2.73. The maximum Gasteiger partial charge on any atom is 0.322 e. The molecule has 4 aliphatic rings. The lowest BCUT2D eigenvalue weighted by Crippen LogP contribution is -2.70. The molecule has 0 saturated carbocycles. The minimum atomic E-state index is -0.950. The zero-order valence-corrected chi connectivity index (χ0v) is 33.0. The van der Waals surface area contributed by atoms with E-state index in [-0.39, 0.29) is 18.6 Å². The molecule has 0 unspecified atom stereocenters. The molecule has 8 rings (SSSR count). The summed E-state index contributed by atoms with van der Waals surface area (Å²) in [5, 5.41) is 24.5. The number of hydrogen-bond acceptors (Lipinski definition) is 9. The van der Waals surface area contributed by atoms with Gasteiger partial charge in [0.2, 0.25) is 0 Å². The number of nitrogens with one attached hydrogen (secondary N) is 2. The molecule has 3 heterocycles. The number of nitriles is 2. The van der Waals surface area contributed by atoms with Crippen molar-refractivity contribution in [2.45, 2.75) is 70.0 Å². The lowest BCUT2D eigenvalue weighted by Gasteiger charge is -2.45. The van der Waals surface area contributed by atoms with E-state index in [0.717, 1.165) is 72.5 Å². The van der Waals surface area contributed by atoms with E-state index in [1.165, 1.54) is 11.6 Å². The Kier molecular flexibility index (Phi) is 11.3. The van der Waals surface area contributed by atoms with Gasteiger partial charge in [0.1, 0.15) is 41.7 Å². The molecule has 13 heteroatoms. The molecule has 3 fully saturated rings. The van der Waals surface area contributed by atoms with Gasteiger partial charge in [0.15, 0.2) is 0 Å². The van der Waals surface area contributed by atoms with Gasteiger partial charge in [-0.3, -0.25) is 15.0 Å². The second-order valence-electron chi connectivity index (χ2n) is 15.6. The molecule has 298 valence electrons. The summed E-state index contributed by atoms with van der Waals surface area (Å²) < 4.78 is 32.9. The Morgan fingerprint density at radius 1 is 0.897 bits per heavy atom. The molecule has 2 N–H and O–H groups in total. The normalized spacial score (nSPS) is 18.8. The van der Waals surface area contributed by atoms with E-state index in [1.807, 2.05) is 23.1 Å². The molecule has 3 aliphatic heterocycles. The van der Waals surface area contributed by atoms with Crippen LogP contribution >= 0.6 is 11.6 Å². The smallest absolute Gasteiger partial charge is 0.322 e. The second-order valence-corrected chi connectivity index (χ2v) is 16.0. The van der Waals surface area contributed by atoms with Crippen molar-refractivity contribution >= 4 is 23.5 Å². The van der Waals surface area contributed by atoms with Crippen LogP contribution < -0.4 is 24.8 Å². The van der Waals surface area contributed by atoms with E-state index in [4.69, 9.17) is 25.8 Å². The zero-order valence-electron chi connectivity index (χ0n) is 32.3. The van der Waals surface area contributed by atoms with Crippen LogP contribution in [0.4, 0.5) is 9.18 Å². The number of imide groups is 1. The number of benzene rings is 4. The van der Waals surface area contributed by atoms with E-state index in [0.29, 0.717) is 72.3 Å². The predicted molar refractivity (Wildman–Crippen MR) is 215 cm³/mol. The number of urea groups is 1. The van der Waals surface area contributed by atoms with E-state index in [2.05, 4.69) is 58.9 Å². The number of amides is 3. The Morgan fingerprint density at radius 3 is 2.36 bits per heavy atom. The Balaban J connectivity index is 0.996. The van der Waals surface area contributed by atoms with Crippen LogP contribution in [-0.2, 0) is 24.4 Å². The molecule has 3 saturated heterocycles. The molecule has 11 nitrogen and oxygen atoms in total. The molecule has 0 aromatic heterocycles. The first-order chi connectivity index (χ1) is 28.1. The summed E-state index contributed by atoms with van der Waals surface area (Å²) in [5.74, 6) is 1.48. The number of carbonyl (C=O) groups is 2. The number of likely N-dealkylation sites (tertiary alicyclic amines) is 2. The minimum Gasteiger partial charge on any atom is -0.493 e. The van der Waals surface area contributed by atoms with Gasteiger partial charge >= 0.3 is 6.03 Å². The Labute approximate surface area is 342 Å². The molecular weight excluding hydrogens is 759 g/mol. The average molecular weight is 803 g/mol. The summed E-state index contributed by atoms with van der Waals surface area (Å²) in [5.41, 5.74) is 6.80. The number of halogens is 2. The van der Waals surface area contributed by atoms with Gasteiger partial charge in [-0.2, -0.15) is 10.5 Å². The van der Waals surface area contributed by atoms with E-state index >= 15 is 0 Å². The highest BCUT2D eigenvalue weighted by molar-refractivity contribution is 6.32. The Morgan fingerprint density at radius 2 is 1.64 bits per heavy atom. The van der Waals surface area contributed by atoms with Gasteiger partial charge in [-0.25, -0.2) is 9.18 Å². The van der Waals surface area contributed by atoms with Crippen LogP contribution in [0.3, 0.4) is 0 Å². The van der Waals surface area contributed by atoms with Crippen LogP contribution in [0.25, 0.3) is 11.1 Å². The van der Waals surface area contributed by atoms with Gasteiger partial charge in [-0.1, -0.05) is 41.9 Å². The maximum atomic E-state index is 13.5. The van der Waals surface area contributed by atoms with E-state index in [9.17, 15) is 24.5 Å². The van der Waals surface area contributed by atoms with Crippen LogP contribution in [-0.4, -0.2) is 72.8 Å². The number of nitrogens with zero attached hydrogens (tertiary/aromatic N) is 4. The summed E-state index contributed by atoms with van der Waals surface area (Å²) >= 11 is 6.95. The summed E-state index contributed by atoms with van der Waals surface area (Å²) in [6.45, 7) is 6.32. The third kappa shape index (κ3) is 8.19. The average Bonchev–Trinajstić information content (AvgIpc) is 3.76. The van der Waals surface area contributed by atoms with Gasteiger partial charge in [0.05, 0.1) is 34.9 Å². The number of carbonyl (C=O) groups excluding carboxylic acids is 2. The number of alkyl halides is 1. The van der Waals surface area contributed by atoms with E-state index < -0.39 is 17.7 Å². The minimum absolute atomic E-state index is 0.0811. The first-order valence-corrected chi connectivity index (χ1v) is 20.1. The largest absolute Gasteiger partial charge is 0.493 e. The number of piperidine rings is 1. The van der Waals surface area contributed by atoms with Gasteiger partial charge in [0.25, 0.3) is 5.91 Å². The van der Waals surface area contributed by atoms with Crippen LogP contribution in [0, 0.1) is 29.6 Å². The van der Waals surface area contributed by atoms with Crippen molar-refractivity contribution in [2.24, 2.45) is 0 Å². The van der Waals surface area contributed by atoms with Crippen molar-refractivity contribution in [2.75, 3.05) is 39.3 Å². The molecule has 1 spiro atoms. The van der Waals surface area contributed by atoms with Crippen molar-refractivity contribution in [1.82, 2.24) is 20.4 Å². The third-order valence-electron chi connectivity index (χ3n) is 11.6. The Hall–Kier alpha value is -5.66. The fourth-order valence-corrected chi connectivity index (χ4v) is 8.84. The quantitative estimate of drug-likeness (QED) is 0.105. The molecule has 1 atom stereocenters. The van der Waals surface area contributed by atoms with Crippen LogP contribution in [0.2, 0.25) is 5.02 Å². The lowest BCUT2D eigenvalue weighted by molar-refractivity contribution is -0.130. The van der Waals surface area contributed by atoms with Crippen molar-refractivity contribution in [1.29, 1.82) is 10.5 Å². The summed E-state index contributed by atoms with van der Waals surface area (Å²) in [6, 6.07) is 24.7. The Bertz CT molecular complexity index is 2300. The lowest BCUT2D eigenvalue weighted by atomic mass is 9.89. The fourth-order valence-electron chi connectivity index (χ4n) is 8.61. The van der Waals surface area contributed by atoms with Crippen molar-refractivity contribution in [3.8, 4) is 40.5 Å². The highest BCUT2D eigenvalue weighted by atomic mass is 35.5. The van der Waals surface area contributed by atoms with Crippen molar-refractivity contribution in [3.63, 3.8) is 0 Å². The summed E-state index contributed by atoms with van der Waals surface area (Å²) in [4.78, 5) is 28.6. The van der Waals surface area contributed by atoms with Crippen LogP contribution in [0.15, 0.2) is 66.7 Å². The van der Waals surface area contributed by atoms with Crippen molar-refractivity contribution < 1.29 is 28.2 Å². The topological polar surface area (TPSA) is 140 Å². The van der Waals surface area contributed by atoms with Gasteiger partial charge in [-0.15, -0.1) is 0 Å². The predicted octanol–water partition coefficient (Wildman–Crippen LogP) is 7.30. The van der Waals surface area contributed by atoms with Crippen LogP contribution in [0.1, 0.15) is 70.7 Å². The number of rotatable bonds is 13. The highest BCUT2D eigenvalue weighted by Crippen LogP contribution is 2.44. The van der Waals surface area contributed by atoms with Crippen molar-refractivity contribution in [3.05, 3.63) is 111 Å². The monoisotopic (exact) mass is 802 g/mol. The highest BCUT2D eigenvalue weighted by Gasteiger charge is 2.54. The first-order valence-electron chi connectivity index (χ1n) is 19.7. The number of fused-ring (bicyclic) bond motifs is 1. The molecule has 0 bridgehead atoms. The molecule has 0 radical (unpaired) electrons. The van der Waals surface area contributed by atoms with Gasteiger partial charge in [0, 0.05) is 50.9 Å². The standard InChI is InChI=1S/C45H44ClFN6O5/c1-28-34(5-3-8-39(28)56-16-4-13-52-14-11-33(47)12-15-52)35-6-2-7-37-36(35)9-10-40(37)58-42-21-41(57-25-31-18-29(22-48)17-30(19-31)23-49)32(20-38(42)46)24-53-26-45(27-53)43(54)50-44(55)51-45/h2-3,5-8,17-21,33,40H,4,9-16,24-27H2,1H3,(H2,50,51,54,55)/t40-/m0/s1. The molecule has 1 aliphatic carbocycles. The second kappa shape index (κ2) is 16.7. The first kappa shape index (κ1) is 39.2. The molecule has 4 aromatic carbocycles. The molecule has 58 heavy (non-hydrogen) atoms. The molecule has 4 aromatic rings. The number of hydrogen-bond donors (Lipinski definition) is 2. The third-order valence-corrected chi connectivity index (χ3v) is 11.9. The maximum absolute atomic E-state index is 13.5. The molecule has 3 amide bonds. The SMILES string of the molecule is Cc1c(OCCCN2CCC(F)CC2)cccc1-c1cccc2c1CC[C@@H]2Oc1cc(OCc2cc(C#N)cc(C#N)c2)c(CN2CC3(C2)NC(=O)NC3=O)cc1Cl. The fraction of sp³-hybridized carbons (Fsp3) is 0.378. The van der Waals surface area contributed by atoms with Crippen LogP contribution in [0.5, 0.6) is 17.2 Å². The molecular formula is C45H44ClFN6O5. The number of ether oxygens (including phenoxy) is 3. The van der Waals surface area contributed by atoms with E-state index in [1.54, 1.807) is 18.2 Å².